The van der Waals surface area contributed by atoms with Crippen LogP contribution in [0.4, 0.5) is 5.69 Å². The molecule has 2 aromatic rings. The molecule has 6 heteroatoms. The predicted octanol–water partition coefficient (Wildman–Crippen LogP) is 2.81. The lowest BCUT2D eigenvalue weighted by molar-refractivity contribution is -0.146. The number of nitrogens with one attached hydrogen (secondary N) is 1. The second-order valence-electron chi connectivity index (χ2n) is 6.90. The summed E-state index contributed by atoms with van der Waals surface area (Å²) >= 11 is 0. The first-order valence-corrected chi connectivity index (χ1v) is 9.03. The molecule has 2 atom stereocenters. The quantitative estimate of drug-likeness (QED) is 0.667. The maximum atomic E-state index is 12.6. The van der Waals surface area contributed by atoms with E-state index in [1.807, 2.05) is 31.2 Å². The Morgan fingerprint density at radius 1 is 1.07 bits per heavy atom. The van der Waals surface area contributed by atoms with E-state index in [1.54, 1.807) is 24.3 Å². The molecule has 2 aliphatic rings. The highest BCUT2D eigenvalue weighted by Crippen LogP contribution is 2.34. The Balaban J connectivity index is 1.40. The summed E-state index contributed by atoms with van der Waals surface area (Å²) in [5.41, 5.74) is 2.66. The van der Waals surface area contributed by atoms with Crippen LogP contribution in [0, 0.1) is 0 Å². The van der Waals surface area contributed by atoms with Gasteiger partial charge in [0, 0.05) is 11.7 Å². The molecule has 0 spiro atoms. The van der Waals surface area contributed by atoms with Gasteiger partial charge < -0.3 is 10.1 Å². The van der Waals surface area contributed by atoms with Gasteiger partial charge in [0.2, 0.25) is 0 Å². The van der Waals surface area contributed by atoms with E-state index in [0.29, 0.717) is 17.5 Å². The smallest absolute Gasteiger partial charge is 0.313 e. The Hall–Kier alpha value is -3.15. The van der Waals surface area contributed by atoms with Crippen LogP contribution in [-0.2, 0) is 9.53 Å². The molecule has 0 aliphatic carbocycles. The van der Waals surface area contributed by atoms with Gasteiger partial charge >= 0.3 is 5.97 Å². The molecule has 2 aromatic carbocycles. The molecule has 0 saturated carbocycles. The van der Waals surface area contributed by atoms with E-state index in [2.05, 4.69) is 5.32 Å². The third-order valence-corrected chi connectivity index (χ3v) is 5.05. The van der Waals surface area contributed by atoms with Crippen LogP contribution in [-0.4, -0.2) is 41.9 Å². The van der Waals surface area contributed by atoms with Crippen molar-refractivity contribution < 1.29 is 19.1 Å². The zero-order chi connectivity index (χ0) is 19.0. The Morgan fingerprint density at radius 2 is 1.70 bits per heavy atom. The summed E-state index contributed by atoms with van der Waals surface area (Å²) in [6.07, 6.45) is 0.642. The maximum absolute atomic E-state index is 12.6. The number of imide groups is 1. The number of para-hydroxylation sites is 1. The minimum atomic E-state index is -0.348. The van der Waals surface area contributed by atoms with Gasteiger partial charge in [-0.15, -0.1) is 0 Å². The third-order valence-electron chi connectivity index (χ3n) is 5.05. The second-order valence-corrected chi connectivity index (χ2v) is 6.90. The zero-order valence-electron chi connectivity index (χ0n) is 15.0. The number of hydrogen-bond acceptors (Lipinski definition) is 5. The van der Waals surface area contributed by atoms with Crippen LogP contribution >= 0.6 is 0 Å². The van der Waals surface area contributed by atoms with E-state index in [0.717, 1.165) is 16.2 Å². The van der Waals surface area contributed by atoms with Crippen molar-refractivity contribution in [3.05, 3.63) is 65.2 Å². The van der Waals surface area contributed by atoms with E-state index in [9.17, 15) is 14.4 Å². The highest BCUT2D eigenvalue weighted by atomic mass is 16.5. The lowest BCUT2D eigenvalue weighted by Gasteiger charge is -2.30. The molecule has 0 saturated heterocycles. The van der Waals surface area contributed by atoms with Crippen molar-refractivity contribution in [2.45, 2.75) is 25.3 Å². The average molecular weight is 364 g/mol. The molecule has 138 valence electrons. The molecular weight excluding hydrogens is 344 g/mol. The van der Waals surface area contributed by atoms with Crippen LogP contribution in [0.15, 0.2) is 48.5 Å². The first-order chi connectivity index (χ1) is 13.1. The Labute approximate surface area is 157 Å². The van der Waals surface area contributed by atoms with Crippen LogP contribution < -0.4 is 5.32 Å². The third kappa shape index (κ3) is 3.07. The molecule has 4 rings (SSSR count). The van der Waals surface area contributed by atoms with Crippen molar-refractivity contribution in [3.63, 3.8) is 0 Å². The van der Waals surface area contributed by atoms with Gasteiger partial charge in [-0.05, 0) is 37.1 Å². The molecule has 6 nitrogen and oxygen atoms in total. The highest BCUT2D eigenvalue weighted by Gasteiger charge is 2.35. The lowest BCUT2D eigenvalue weighted by atomic mass is 9.87. The monoisotopic (exact) mass is 364 g/mol. The predicted molar refractivity (Wildman–Crippen MR) is 99.7 cm³/mol. The average Bonchev–Trinajstić information content (AvgIpc) is 2.92. The van der Waals surface area contributed by atoms with Crippen molar-refractivity contribution in [1.82, 2.24) is 4.90 Å². The Kier molecular flexibility index (Phi) is 4.39. The first kappa shape index (κ1) is 17.3. The molecule has 0 bridgehead atoms. The molecule has 2 aliphatic heterocycles. The van der Waals surface area contributed by atoms with Gasteiger partial charge in [0.25, 0.3) is 11.8 Å². The largest absolute Gasteiger partial charge is 0.463 e. The normalized spacial score (nSPS) is 20.7. The topological polar surface area (TPSA) is 75.7 Å². The number of ether oxygens (including phenoxy) is 1. The molecule has 0 radical (unpaired) electrons. The van der Waals surface area contributed by atoms with Gasteiger partial charge in [0.15, 0.2) is 0 Å². The summed E-state index contributed by atoms with van der Waals surface area (Å²) in [5, 5.41) is 3.36. The van der Waals surface area contributed by atoms with Gasteiger partial charge in [0.05, 0.1) is 23.6 Å². The van der Waals surface area contributed by atoms with Crippen molar-refractivity contribution in [3.8, 4) is 0 Å². The van der Waals surface area contributed by atoms with E-state index in [1.165, 1.54) is 0 Å². The summed E-state index contributed by atoms with van der Waals surface area (Å²) in [5.74, 6) is -1.35. The number of fused-ring (bicyclic) bond motifs is 2. The van der Waals surface area contributed by atoms with E-state index in [-0.39, 0.29) is 42.9 Å². The fourth-order valence-electron chi connectivity index (χ4n) is 3.74. The van der Waals surface area contributed by atoms with E-state index in [4.69, 9.17) is 4.74 Å². The number of carbonyl (C=O) groups excluding carboxylic acids is 3. The molecule has 0 fully saturated rings. The molecule has 1 N–H and O–H groups in total. The molecule has 0 aromatic heterocycles. The molecule has 27 heavy (non-hydrogen) atoms. The number of esters is 1. The number of benzene rings is 2. The summed E-state index contributed by atoms with van der Waals surface area (Å²) in [4.78, 5) is 38.5. The van der Waals surface area contributed by atoms with Gasteiger partial charge in [0.1, 0.15) is 6.61 Å². The highest BCUT2D eigenvalue weighted by molar-refractivity contribution is 6.21. The van der Waals surface area contributed by atoms with E-state index < -0.39 is 0 Å². The summed E-state index contributed by atoms with van der Waals surface area (Å²) < 4.78 is 5.43. The van der Waals surface area contributed by atoms with Crippen LogP contribution in [0.2, 0.25) is 0 Å². The van der Waals surface area contributed by atoms with Crippen molar-refractivity contribution >= 4 is 23.5 Å². The molecule has 2 amide bonds. The number of anilines is 1. The van der Waals surface area contributed by atoms with Crippen LogP contribution in [0.3, 0.4) is 0 Å². The number of amides is 2. The molecular formula is C21H20N2O4. The number of rotatable bonds is 4. The Bertz CT molecular complexity index is 889. The van der Waals surface area contributed by atoms with Crippen LogP contribution in [0.5, 0.6) is 0 Å². The second kappa shape index (κ2) is 6.87. The van der Waals surface area contributed by atoms with Gasteiger partial charge in [-0.2, -0.15) is 0 Å². The van der Waals surface area contributed by atoms with Crippen molar-refractivity contribution in [2.75, 3.05) is 18.5 Å². The van der Waals surface area contributed by atoms with Gasteiger partial charge in [-0.1, -0.05) is 30.3 Å². The SMILES string of the molecule is CC1CC(C(=O)OCCN2C(=O)c3ccccc3C2=O)c2ccccc2N1. The minimum Gasteiger partial charge on any atom is -0.463 e. The number of carbonyl (C=O) groups is 3. The number of hydrogen-bond donors (Lipinski definition) is 1. The minimum absolute atomic E-state index is 0.00915. The summed E-state index contributed by atoms with van der Waals surface area (Å²) in [6, 6.07) is 14.6. The van der Waals surface area contributed by atoms with Crippen LogP contribution in [0.1, 0.15) is 45.5 Å². The van der Waals surface area contributed by atoms with Crippen molar-refractivity contribution in [1.29, 1.82) is 0 Å². The fourth-order valence-corrected chi connectivity index (χ4v) is 3.74. The first-order valence-electron chi connectivity index (χ1n) is 9.03. The lowest BCUT2D eigenvalue weighted by Crippen LogP contribution is -2.35. The molecule has 2 unspecified atom stereocenters. The van der Waals surface area contributed by atoms with E-state index >= 15 is 0 Å². The fraction of sp³-hybridized carbons (Fsp3) is 0.286. The number of nitrogens with zero attached hydrogens (tertiary/aromatic N) is 1. The molecule has 2 heterocycles. The van der Waals surface area contributed by atoms with Gasteiger partial charge in [-0.25, -0.2) is 0 Å². The van der Waals surface area contributed by atoms with Gasteiger partial charge in [-0.3, -0.25) is 19.3 Å². The summed E-state index contributed by atoms with van der Waals surface area (Å²) in [6.45, 7) is 2.07. The Morgan fingerprint density at radius 3 is 2.41 bits per heavy atom. The standard InChI is InChI=1S/C21H20N2O4/c1-13-12-17(14-6-4-5-9-18(14)22-13)21(26)27-11-10-23-19(24)15-7-2-3-8-16(15)20(23)25/h2-9,13,17,22H,10-12H2,1H3. The van der Waals surface area contributed by atoms with Crippen LogP contribution in [0.25, 0.3) is 0 Å². The van der Waals surface area contributed by atoms with Crippen molar-refractivity contribution in [2.24, 2.45) is 0 Å². The maximum Gasteiger partial charge on any atom is 0.313 e. The summed E-state index contributed by atoms with van der Waals surface area (Å²) in [7, 11) is 0. The zero-order valence-corrected chi connectivity index (χ0v) is 15.0.